The molecule has 5 heterocycles. The van der Waals surface area contributed by atoms with E-state index in [4.69, 9.17) is 15.0 Å². The van der Waals surface area contributed by atoms with Gasteiger partial charge in [0.25, 0.3) is 6.71 Å². The first-order valence-electron chi connectivity index (χ1n) is 41.5. The molecule has 111 heavy (non-hydrogen) atoms. The Morgan fingerprint density at radius 1 is 0.225 bits per heavy atom. The fourth-order valence-corrected chi connectivity index (χ4v) is 17.3. The van der Waals surface area contributed by atoms with Crippen LogP contribution in [0.2, 0.25) is 0 Å². The van der Waals surface area contributed by atoms with Crippen LogP contribution in [0.25, 0.3) is 111 Å². The average Bonchev–Trinajstić information content (AvgIpc) is 1.54. The van der Waals surface area contributed by atoms with Gasteiger partial charge in [0, 0.05) is 49.6 Å². The number of hydrogen-bond donors (Lipinski definition) is 0. The molecule has 0 aliphatic carbocycles. The van der Waals surface area contributed by atoms with E-state index in [1.807, 2.05) is 0 Å². The van der Waals surface area contributed by atoms with Crippen molar-refractivity contribution in [1.82, 2.24) is 24.1 Å². The van der Waals surface area contributed by atoms with E-state index in [-0.39, 0.29) is 71.7 Å². The minimum atomic E-state index is -0.259. The van der Waals surface area contributed by atoms with Crippen LogP contribution in [-0.4, -0.2) is 30.8 Å². The second-order valence-electron chi connectivity index (χ2n) is 46.2. The molecule has 5 nitrogen and oxygen atoms in total. The van der Waals surface area contributed by atoms with Crippen LogP contribution in [0.3, 0.4) is 0 Å². The SMILES string of the molecule is CC(C)(C)c1cc(-c2nc(-c3cc(C(C)(C)C)cc(C(C)(C)C)c3)nc(-c3cc4c5c(c3)-n3c6cc(C(C)(C)C)cc(C(C)(C)C)c6c6c(-c7cc(C(C)(C)C)cc(C(C)(C)C)c7)ccc(c63)B5c3ccc(-c5cc(C(C)(C)C)cc(C(C)(C)C)c5)c5c6c(C(C)(C)C)cc(C(C)(C)C)cc6n-4c35)n2)cc(C(C)(C)C)c1. The second kappa shape index (κ2) is 25.1. The molecule has 2 aliphatic heterocycles. The molecule has 0 atom stereocenters. The van der Waals surface area contributed by atoms with Gasteiger partial charge < -0.3 is 9.13 Å². The molecule has 0 N–H and O–H groups in total. The van der Waals surface area contributed by atoms with E-state index in [2.05, 4.69) is 392 Å². The van der Waals surface area contributed by atoms with Gasteiger partial charge >= 0.3 is 0 Å². The van der Waals surface area contributed by atoms with Crippen LogP contribution in [0, 0.1) is 0 Å². The third-order valence-electron chi connectivity index (χ3n) is 24.7. The zero-order valence-electron chi connectivity index (χ0n) is 75.0. The van der Waals surface area contributed by atoms with Crippen LogP contribution in [0.1, 0.15) is 316 Å². The van der Waals surface area contributed by atoms with Crippen LogP contribution >= 0.6 is 0 Å². The Morgan fingerprint density at radius 2 is 0.450 bits per heavy atom. The highest BCUT2D eigenvalue weighted by Gasteiger charge is 2.45. The maximum absolute atomic E-state index is 6.00. The van der Waals surface area contributed by atoms with E-state index >= 15 is 0 Å². The Kier molecular flexibility index (Phi) is 17.9. The van der Waals surface area contributed by atoms with Crippen molar-refractivity contribution in [1.29, 1.82) is 0 Å². The zero-order valence-corrected chi connectivity index (χ0v) is 75.0. The van der Waals surface area contributed by atoms with Crippen molar-refractivity contribution in [3.63, 3.8) is 0 Å². The lowest BCUT2D eigenvalue weighted by Crippen LogP contribution is -2.59. The summed E-state index contributed by atoms with van der Waals surface area (Å²) >= 11 is 0. The first-order chi connectivity index (χ1) is 50.6. The molecular formula is C105H130BN5. The predicted octanol–water partition coefficient (Wildman–Crippen LogP) is 27.1. The summed E-state index contributed by atoms with van der Waals surface area (Å²) in [7, 11) is 0. The summed E-state index contributed by atoms with van der Waals surface area (Å²) in [5.41, 5.74) is 32.9. The molecule has 2 aliphatic rings. The minimum absolute atomic E-state index is 0.108. The van der Waals surface area contributed by atoms with Gasteiger partial charge in [0.05, 0.1) is 22.1 Å². The summed E-state index contributed by atoms with van der Waals surface area (Å²) in [6.07, 6.45) is 0. The lowest BCUT2D eigenvalue weighted by Gasteiger charge is -2.35. The summed E-state index contributed by atoms with van der Waals surface area (Å²) in [6, 6.07) is 55.0. The van der Waals surface area contributed by atoms with Crippen LogP contribution in [0.15, 0.2) is 133 Å². The molecule has 9 aromatic carbocycles. The summed E-state index contributed by atoms with van der Waals surface area (Å²) in [5.74, 6) is 1.96. The van der Waals surface area contributed by atoms with Gasteiger partial charge in [-0.3, -0.25) is 0 Å². The van der Waals surface area contributed by atoms with Crippen LogP contribution in [0.5, 0.6) is 0 Å². The molecular weight excluding hydrogens is 1340 g/mol. The Labute approximate surface area is 668 Å². The van der Waals surface area contributed by atoms with E-state index < -0.39 is 0 Å². The molecule has 0 radical (unpaired) electrons. The molecule has 12 aromatic rings. The maximum Gasteiger partial charge on any atom is 0.252 e. The molecule has 0 bridgehead atoms. The molecule has 0 saturated carbocycles. The zero-order chi connectivity index (χ0) is 81.6. The van der Waals surface area contributed by atoms with E-state index in [0.717, 1.165) is 28.1 Å². The fourth-order valence-electron chi connectivity index (χ4n) is 17.3. The molecule has 0 saturated heterocycles. The summed E-state index contributed by atoms with van der Waals surface area (Å²) in [4.78, 5) is 17.8. The van der Waals surface area contributed by atoms with Gasteiger partial charge in [0.15, 0.2) is 17.5 Å². The second-order valence-corrected chi connectivity index (χ2v) is 46.2. The Bertz CT molecular complexity index is 5380. The van der Waals surface area contributed by atoms with E-state index in [1.54, 1.807) is 0 Å². The van der Waals surface area contributed by atoms with Crippen molar-refractivity contribution in [2.75, 3.05) is 0 Å². The standard InChI is InChI=1S/C105H130BN5/c1-94(2,3)64-41-59(42-65(51-64)95(4,5)6)74-37-39-78-89-84(74)86-76(104(31,32)33)55-72(102(25,26)27)57-80(86)110(89)82-49-63(93-108-91(61-45-68(98(13,14)15)53-69(46-61)99(16,17)18)107-92(109-93)62-47-70(100(19,20)21)54-71(48-62)101(22,23)24)50-83-88(82)106(78)79-40-38-75(60-43-66(96(7,8)9)52-67(44-60)97(10,11)12)85-87-77(105(34,35)36)56-73(103(28,29)30)58-81(87)111(83)90(79)85/h37-58H,1-36H3. The van der Waals surface area contributed by atoms with Crippen molar-refractivity contribution in [3.8, 4) is 67.8 Å². The van der Waals surface area contributed by atoms with Gasteiger partial charge in [-0.2, -0.15) is 0 Å². The third-order valence-corrected chi connectivity index (χ3v) is 24.7. The maximum atomic E-state index is 6.00. The normalized spacial score (nSPS) is 14.3. The van der Waals surface area contributed by atoms with Gasteiger partial charge in [-0.05, 0) is 219 Å². The smallest absolute Gasteiger partial charge is 0.252 e. The van der Waals surface area contributed by atoms with Crippen molar-refractivity contribution < 1.29 is 0 Å². The van der Waals surface area contributed by atoms with E-state index in [9.17, 15) is 0 Å². The van der Waals surface area contributed by atoms with E-state index in [0.29, 0.717) is 17.5 Å². The first-order valence-corrected chi connectivity index (χ1v) is 41.5. The molecule has 578 valence electrons. The number of fused-ring (bicyclic) bond motifs is 10. The number of rotatable bonds is 5. The first kappa shape index (κ1) is 79.3. The number of hydrogen-bond acceptors (Lipinski definition) is 3. The van der Waals surface area contributed by atoms with Gasteiger partial charge in [0.2, 0.25) is 0 Å². The van der Waals surface area contributed by atoms with Crippen LogP contribution in [0.4, 0.5) is 0 Å². The quantitative estimate of drug-likeness (QED) is 0.161. The van der Waals surface area contributed by atoms with Crippen molar-refractivity contribution >= 4 is 66.7 Å². The topological polar surface area (TPSA) is 48.5 Å². The van der Waals surface area contributed by atoms with Gasteiger partial charge in [0.1, 0.15) is 0 Å². The van der Waals surface area contributed by atoms with E-state index in [1.165, 1.54) is 149 Å². The van der Waals surface area contributed by atoms with Gasteiger partial charge in [-0.1, -0.05) is 334 Å². The molecule has 0 fully saturated rings. The fraction of sp³-hybridized carbons (Fsp3) is 0.457. The van der Waals surface area contributed by atoms with Crippen LogP contribution in [-0.2, 0) is 65.0 Å². The molecule has 0 amide bonds. The molecule has 0 spiro atoms. The lowest BCUT2D eigenvalue weighted by molar-refractivity contribution is 0.568. The Hall–Kier alpha value is -8.35. The highest BCUT2D eigenvalue weighted by atomic mass is 15.1. The lowest BCUT2D eigenvalue weighted by atomic mass is 9.34. The number of nitrogens with zero attached hydrogens (tertiary/aromatic N) is 5. The molecule has 0 unspecified atom stereocenters. The predicted molar refractivity (Wildman–Crippen MR) is 485 cm³/mol. The Balaban J connectivity index is 1.26. The molecule has 3 aromatic heterocycles. The van der Waals surface area contributed by atoms with Crippen molar-refractivity contribution in [2.24, 2.45) is 0 Å². The largest absolute Gasteiger partial charge is 0.310 e. The number of benzene rings is 9. The van der Waals surface area contributed by atoms with Crippen LogP contribution < -0.4 is 16.4 Å². The molecule has 6 heteroatoms. The van der Waals surface area contributed by atoms with Crippen molar-refractivity contribution in [3.05, 3.63) is 200 Å². The monoisotopic (exact) mass is 1470 g/mol. The Morgan fingerprint density at radius 3 is 0.685 bits per heavy atom. The van der Waals surface area contributed by atoms with Gasteiger partial charge in [-0.25, -0.2) is 15.0 Å². The molecule has 14 rings (SSSR count). The highest BCUT2D eigenvalue weighted by Crippen LogP contribution is 2.52. The van der Waals surface area contributed by atoms with Gasteiger partial charge in [-0.15, -0.1) is 0 Å². The summed E-state index contributed by atoms with van der Waals surface area (Å²) in [6.45, 7) is 85.3. The highest BCUT2D eigenvalue weighted by molar-refractivity contribution is 7.00. The summed E-state index contributed by atoms with van der Waals surface area (Å²) in [5, 5.41) is 5.24. The third kappa shape index (κ3) is 13.9. The average molecular weight is 1470 g/mol. The minimum Gasteiger partial charge on any atom is -0.310 e. The number of aromatic nitrogens is 5. The summed E-state index contributed by atoms with van der Waals surface area (Å²) < 4.78 is 5.52. The van der Waals surface area contributed by atoms with Crippen molar-refractivity contribution in [2.45, 2.75) is 314 Å².